The van der Waals surface area contributed by atoms with Crippen molar-refractivity contribution in [3.8, 4) is 0 Å². The topological polar surface area (TPSA) is 78.9 Å². The average Bonchev–Trinajstić information content (AvgIpc) is 3.29. The van der Waals surface area contributed by atoms with Gasteiger partial charge in [0.1, 0.15) is 13.2 Å². The second kappa shape index (κ2) is 52.7. The van der Waals surface area contributed by atoms with Crippen molar-refractivity contribution in [3.05, 3.63) is 60.8 Å². The molecule has 6 heteroatoms. The van der Waals surface area contributed by atoms with Crippen LogP contribution in [0.4, 0.5) is 0 Å². The predicted molar refractivity (Wildman–Crippen MR) is 275 cm³/mol. The van der Waals surface area contributed by atoms with Crippen LogP contribution in [0.3, 0.4) is 0 Å². The van der Waals surface area contributed by atoms with Crippen molar-refractivity contribution in [3.63, 3.8) is 0 Å². The van der Waals surface area contributed by atoms with Crippen molar-refractivity contribution in [2.75, 3.05) is 13.2 Å². The van der Waals surface area contributed by atoms with Crippen molar-refractivity contribution in [1.82, 2.24) is 0 Å². The molecule has 0 N–H and O–H groups in total. The summed E-state index contributed by atoms with van der Waals surface area (Å²) in [6.45, 7) is 6.46. The first-order valence-electron chi connectivity index (χ1n) is 27.3. The molecule has 0 amide bonds. The first-order valence-corrected chi connectivity index (χ1v) is 27.3. The summed E-state index contributed by atoms with van der Waals surface area (Å²) in [6, 6.07) is 0. The highest BCUT2D eigenvalue weighted by Gasteiger charge is 2.19. The normalized spacial score (nSPS) is 12.5. The van der Waals surface area contributed by atoms with E-state index in [9.17, 15) is 14.4 Å². The molecule has 0 heterocycles. The van der Waals surface area contributed by atoms with Crippen molar-refractivity contribution >= 4 is 17.9 Å². The first kappa shape index (κ1) is 61.1. The number of carbonyl (C=O) groups excluding carboxylic acids is 3. The van der Waals surface area contributed by atoms with E-state index in [4.69, 9.17) is 14.2 Å². The van der Waals surface area contributed by atoms with E-state index in [0.717, 1.165) is 70.6 Å². The third-order valence-electron chi connectivity index (χ3n) is 11.8. The van der Waals surface area contributed by atoms with Gasteiger partial charge in [0.25, 0.3) is 0 Å². The highest BCUT2D eigenvalue weighted by atomic mass is 16.6. The van der Waals surface area contributed by atoms with Gasteiger partial charge in [0, 0.05) is 19.3 Å². The molecule has 64 heavy (non-hydrogen) atoms. The van der Waals surface area contributed by atoms with Gasteiger partial charge in [-0.05, 0) is 70.6 Å². The number of rotatable bonds is 49. The van der Waals surface area contributed by atoms with Crippen LogP contribution in [-0.2, 0) is 28.6 Å². The quantitative estimate of drug-likeness (QED) is 0.0262. The third-order valence-corrected chi connectivity index (χ3v) is 11.8. The predicted octanol–water partition coefficient (Wildman–Crippen LogP) is 18.0. The molecule has 0 aromatic rings. The molecule has 0 bridgehead atoms. The fourth-order valence-corrected chi connectivity index (χ4v) is 7.69. The Morgan fingerprint density at radius 1 is 0.328 bits per heavy atom. The van der Waals surface area contributed by atoms with Crippen molar-refractivity contribution in [1.29, 1.82) is 0 Å². The zero-order valence-electron chi connectivity index (χ0n) is 42.3. The van der Waals surface area contributed by atoms with Crippen LogP contribution in [0.1, 0.15) is 271 Å². The van der Waals surface area contributed by atoms with Crippen LogP contribution in [0, 0.1) is 0 Å². The maximum atomic E-state index is 12.8. The molecule has 0 aromatic heterocycles. The van der Waals surface area contributed by atoms with Crippen LogP contribution in [0.15, 0.2) is 60.8 Å². The van der Waals surface area contributed by atoms with Gasteiger partial charge in [-0.15, -0.1) is 0 Å². The summed E-state index contributed by atoms with van der Waals surface area (Å²) in [5.74, 6) is -0.987. The molecule has 370 valence electrons. The Hall–Kier alpha value is -2.89. The zero-order chi connectivity index (χ0) is 46.5. The van der Waals surface area contributed by atoms with E-state index in [1.54, 1.807) is 0 Å². The summed E-state index contributed by atoms with van der Waals surface area (Å²) >= 11 is 0. The number of hydrogen-bond donors (Lipinski definition) is 0. The Morgan fingerprint density at radius 2 is 0.641 bits per heavy atom. The molecule has 6 nitrogen and oxygen atoms in total. The van der Waals surface area contributed by atoms with Gasteiger partial charge in [-0.2, -0.15) is 0 Å². The highest BCUT2D eigenvalue weighted by molar-refractivity contribution is 5.71. The van der Waals surface area contributed by atoms with Crippen LogP contribution in [0.2, 0.25) is 0 Å². The molecule has 0 spiro atoms. The van der Waals surface area contributed by atoms with Crippen molar-refractivity contribution in [2.24, 2.45) is 0 Å². The monoisotopic (exact) mass is 895 g/mol. The smallest absolute Gasteiger partial charge is 0.306 e. The van der Waals surface area contributed by atoms with E-state index in [1.807, 2.05) is 12.2 Å². The van der Waals surface area contributed by atoms with Crippen LogP contribution >= 0.6 is 0 Å². The summed E-state index contributed by atoms with van der Waals surface area (Å²) in [6.07, 6.45) is 65.2. The second-order valence-corrected chi connectivity index (χ2v) is 18.1. The van der Waals surface area contributed by atoms with Gasteiger partial charge in [-0.25, -0.2) is 0 Å². The summed E-state index contributed by atoms with van der Waals surface area (Å²) in [7, 11) is 0. The number of esters is 3. The number of allylic oxidation sites excluding steroid dienone is 10. The number of carbonyl (C=O) groups is 3. The lowest BCUT2D eigenvalue weighted by molar-refractivity contribution is -0.166. The summed E-state index contributed by atoms with van der Waals surface area (Å²) in [5, 5.41) is 0. The lowest BCUT2D eigenvalue weighted by Crippen LogP contribution is -2.30. The fraction of sp³-hybridized carbons (Fsp3) is 0.776. The summed E-state index contributed by atoms with van der Waals surface area (Å²) in [4.78, 5) is 38.0. The molecule has 0 fully saturated rings. The van der Waals surface area contributed by atoms with Gasteiger partial charge in [-0.3, -0.25) is 14.4 Å². The van der Waals surface area contributed by atoms with Gasteiger partial charge in [0.15, 0.2) is 6.10 Å². The van der Waals surface area contributed by atoms with Crippen molar-refractivity contribution in [2.45, 2.75) is 277 Å². The molecular weight excluding hydrogens is 793 g/mol. The van der Waals surface area contributed by atoms with Crippen LogP contribution in [-0.4, -0.2) is 37.2 Å². The minimum Gasteiger partial charge on any atom is -0.462 e. The van der Waals surface area contributed by atoms with Crippen LogP contribution in [0.5, 0.6) is 0 Å². The van der Waals surface area contributed by atoms with E-state index in [-0.39, 0.29) is 37.5 Å². The van der Waals surface area contributed by atoms with Crippen LogP contribution in [0.25, 0.3) is 0 Å². The molecule has 0 radical (unpaired) electrons. The van der Waals surface area contributed by atoms with Crippen LogP contribution < -0.4 is 0 Å². The maximum Gasteiger partial charge on any atom is 0.306 e. The van der Waals surface area contributed by atoms with Gasteiger partial charge in [0.05, 0.1) is 0 Å². The number of ether oxygens (including phenoxy) is 3. The van der Waals surface area contributed by atoms with Crippen molar-refractivity contribution < 1.29 is 28.6 Å². The van der Waals surface area contributed by atoms with E-state index >= 15 is 0 Å². The Kier molecular flexibility index (Phi) is 50.4. The molecule has 0 aliphatic rings. The summed E-state index contributed by atoms with van der Waals surface area (Å²) < 4.78 is 16.7. The Bertz CT molecular complexity index is 1170. The Balaban J connectivity index is 4.36. The maximum absolute atomic E-state index is 12.8. The second-order valence-electron chi connectivity index (χ2n) is 18.1. The molecule has 0 rings (SSSR count). The van der Waals surface area contributed by atoms with E-state index in [1.165, 1.54) is 154 Å². The number of unbranched alkanes of at least 4 members (excludes halogenated alkanes) is 28. The third kappa shape index (κ3) is 50.1. The Labute approximate surface area is 396 Å². The zero-order valence-corrected chi connectivity index (χ0v) is 42.3. The molecule has 0 saturated heterocycles. The largest absolute Gasteiger partial charge is 0.462 e. The fourth-order valence-electron chi connectivity index (χ4n) is 7.69. The first-order chi connectivity index (χ1) is 31.5. The van der Waals surface area contributed by atoms with Gasteiger partial charge in [0.2, 0.25) is 0 Å². The van der Waals surface area contributed by atoms with Gasteiger partial charge >= 0.3 is 17.9 Å². The molecule has 0 saturated carbocycles. The SMILES string of the molecule is CC/C=C\C/C=C\C/C=C\C/C=C\CCC(=O)OC(COC(=O)CCCCCCC/C=C\CCCCCC)COC(=O)CCCCCCCCCCCCCCCCCCCCCC. The van der Waals surface area contributed by atoms with Gasteiger partial charge in [-0.1, -0.05) is 242 Å². The minimum atomic E-state index is -0.813. The standard InChI is InChI=1S/C58H102O6/c1-4-7-10-13-16-19-22-25-26-27-28-29-30-31-34-36-39-42-45-48-51-57(60)63-54-55(64-58(61)52-49-46-43-40-37-33-24-21-18-15-12-9-6-3)53-62-56(59)50-47-44-41-38-35-32-23-20-17-14-11-8-5-2/h9,12,18,20-21,23,33,37,43,46,55H,4-8,10-11,13-17,19,22,24-32,34-36,38-42,44-45,47-54H2,1-3H3/b12-9-,21-18-,23-20-,37-33-,46-43-. The lowest BCUT2D eigenvalue weighted by Gasteiger charge is -2.18. The molecular formula is C58H102O6. The molecule has 0 aliphatic heterocycles. The summed E-state index contributed by atoms with van der Waals surface area (Å²) in [5.41, 5.74) is 0. The molecule has 1 atom stereocenters. The van der Waals surface area contributed by atoms with E-state index < -0.39 is 6.10 Å². The highest BCUT2D eigenvalue weighted by Crippen LogP contribution is 2.16. The lowest BCUT2D eigenvalue weighted by atomic mass is 10.0. The molecule has 0 aliphatic carbocycles. The molecule has 1 unspecified atom stereocenters. The van der Waals surface area contributed by atoms with Gasteiger partial charge < -0.3 is 14.2 Å². The Morgan fingerprint density at radius 3 is 1.03 bits per heavy atom. The van der Waals surface area contributed by atoms with E-state index in [0.29, 0.717) is 19.3 Å². The minimum absolute atomic E-state index is 0.103. The van der Waals surface area contributed by atoms with E-state index in [2.05, 4.69) is 69.4 Å². The molecule has 0 aromatic carbocycles. The number of hydrogen-bond acceptors (Lipinski definition) is 6. The average molecular weight is 895 g/mol.